The Bertz CT molecular complexity index is 674. The van der Waals surface area contributed by atoms with Crippen LogP contribution < -0.4 is 21.3 Å². The maximum Gasteiger partial charge on any atom is 0.255 e. The third-order valence-corrected chi connectivity index (χ3v) is 3.06. The van der Waals surface area contributed by atoms with Crippen molar-refractivity contribution in [2.75, 3.05) is 17.9 Å². The molecule has 0 saturated carbocycles. The number of amides is 1. The molecule has 0 aliphatic heterocycles. The van der Waals surface area contributed by atoms with Crippen LogP contribution in [0.3, 0.4) is 0 Å². The summed E-state index contributed by atoms with van der Waals surface area (Å²) in [6.07, 6.45) is 0. The van der Waals surface area contributed by atoms with Crippen LogP contribution >= 0.6 is 0 Å². The minimum Gasteiger partial charge on any atom is -0.494 e. The largest absolute Gasteiger partial charge is 0.494 e. The van der Waals surface area contributed by atoms with Gasteiger partial charge in [-0.3, -0.25) is 10.6 Å². The van der Waals surface area contributed by atoms with Crippen LogP contribution in [0.25, 0.3) is 0 Å². The molecule has 0 fully saturated rings. The standard InChI is InChI=1S/C15H16FN3O2/c1-9-7-10(3-5-12(9)19-17)15(20)18-13-6-4-11(16)8-14(13)21-2/h3-8,19H,17H2,1-2H3,(H,18,20). The fraction of sp³-hybridized carbons (Fsp3) is 0.133. The van der Waals surface area contributed by atoms with Gasteiger partial charge in [0.1, 0.15) is 11.6 Å². The number of nitrogens with one attached hydrogen (secondary N) is 2. The van der Waals surface area contributed by atoms with E-state index in [-0.39, 0.29) is 11.7 Å². The van der Waals surface area contributed by atoms with Crippen molar-refractivity contribution < 1.29 is 13.9 Å². The lowest BCUT2D eigenvalue weighted by molar-refractivity contribution is 0.102. The summed E-state index contributed by atoms with van der Waals surface area (Å²) in [5, 5.41) is 2.69. The molecule has 6 heteroatoms. The normalized spacial score (nSPS) is 10.1. The molecule has 110 valence electrons. The summed E-state index contributed by atoms with van der Waals surface area (Å²) >= 11 is 0. The second kappa shape index (κ2) is 6.23. The predicted octanol–water partition coefficient (Wildman–Crippen LogP) is 2.68. The summed E-state index contributed by atoms with van der Waals surface area (Å²) in [5.74, 6) is 4.87. The summed E-state index contributed by atoms with van der Waals surface area (Å²) < 4.78 is 18.2. The zero-order valence-electron chi connectivity index (χ0n) is 11.7. The van der Waals surface area contributed by atoms with Gasteiger partial charge in [-0.05, 0) is 42.8 Å². The quantitative estimate of drug-likeness (QED) is 0.597. The number of hydrogen-bond donors (Lipinski definition) is 3. The van der Waals surface area contributed by atoms with Crippen molar-refractivity contribution in [3.05, 3.63) is 53.3 Å². The molecule has 0 heterocycles. The molecule has 0 aromatic heterocycles. The molecule has 2 rings (SSSR count). The minimum atomic E-state index is -0.431. The Morgan fingerprint density at radius 2 is 1.90 bits per heavy atom. The maximum absolute atomic E-state index is 13.1. The molecule has 0 unspecified atom stereocenters. The number of aryl methyl sites for hydroxylation is 1. The maximum atomic E-state index is 13.1. The number of hydrazine groups is 1. The molecule has 0 spiro atoms. The molecule has 2 aromatic rings. The van der Waals surface area contributed by atoms with Crippen molar-refractivity contribution in [3.63, 3.8) is 0 Å². The fourth-order valence-corrected chi connectivity index (χ4v) is 1.93. The summed E-state index contributed by atoms with van der Waals surface area (Å²) in [7, 11) is 1.41. The van der Waals surface area contributed by atoms with Crippen LogP contribution in [-0.4, -0.2) is 13.0 Å². The molecular formula is C15H16FN3O2. The van der Waals surface area contributed by atoms with Gasteiger partial charge in [0.05, 0.1) is 18.5 Å². The van der Waals surface area contributed by atoms with Crippen molar-refractivity contribution >= 4 is 17.3 Å². The number of nitrogens with two attached hydrogens (primary N) is 1. The van der Waals surface area contributed by atoms with Gasteiger partial charge in [0.15, 0.2) is 0 Å². The molecule has 0 bridgehead atoms. The van der Waals surface area contributed by atoms with E-state index in [0.717, 1.165) is 11.3 Å². The van der Waals surface area contributed by atoms with Crippen molar-refractivity contribution in [2.24, 2.45) is 5.84 Å². The summed E-state index contributed by atoms with van der Waals surface area (Å²) in [6, 6.07) is 8.99. The first-order valence-corrected chi connectivity index (χ1v) is 6.27. The predicted molar refractivity (Wildman–Crippen MR) is 79.9 cm³/mol. The Morgan fingerprint density at radius 1 is 1.19 bits per heavy atom. The monoisotopic (exact) mass is 289 g/mol. The van der Waals surface area contributed by atoms with Gasteiger partial charge in [0.2, 0.25) is 0 Å². The Morgan fingerprint density at radius 3 is 2.52 bits per heavy atom. The Balaban J connectivity index is 2.24. The van der Waals surface area contributed by atoms with E-state index < -0.39 is 5.82 Å². The number of rotatable bonds is 4. The first-order chi connectivity index (χ1) is 10.0. The van der Waals surface area contributed by atoms with Crippen molar-refractivity contribution in [1.82, 2.24) is 0 Å². The molecule has 2 aromatic carbocycles. The van der Waals surface area contributed by atoms with E-state index in [1.807, 2.05) is 6.92 Å². The SMILES string of the molecule is COc1cc(F)ccc1NC(=O)c1ccc(NN)c(C)c1. The van der Waals surface area contributed by atoms with Gasteiger partial charge in [0, 0.05) is 11.6 Å². The van der Waals surface area contributed by atoms with Gasteiger partial charge in [-0.2, -0.15) is 0 Å². The fourth-order valence-electron chi connectivity index (χ4n) is 1.93. The van der Waals surface area contributed by atoms with Crippen LogP contribution in [0.2, 0.25) is 0 Å². The molecule has 0 radical (unpaired) electrons. The second-order valence-electron chi connectivity index (χ2n) is 4.47. The minimum absolute atomic E-state index is 0.264. The highest BCUT2D eigenvalue weighted by Gasteiger charge is 2.11. The summed E-state index contributed by atoms with van der Waals surface area (Å²) in [5.41, 5.74) is 5.00. The van der Waals surface area contributed by atoms with Gasteiger partial charge in [-0.25, -0.2) is 4.39 Å². The van der Waals surface area contributed by atoms with E-state index in [2.05, 4.69) is 10.7 Å². The zero-order chi connectivity index (χ0) is 15.4. The molecular weight excluding hydrogens is 273 g/mol. The highest BCUT2D eigenvalue weighted by atomic mass is 19.1. The summed E-state index contributed by atoms with van der Waals surface area (Å²) in [4.78, 5) is 12.2. The van der Waals surface area contributed by atoms with E-state index in [1.54, 1.807) is 18.2 Å². The van der Waals surface area contributed by atoms with Crippen molar-refractivity contribution in [1.29, 1.82) is 0 Å². The van der Waals surface area contributed by atoms with Gasteiger partial charge < -0.3 is 15.5 Å². The third-order valence-electron chi connectivity index (χ3n) is 3.06. The van der Waals surface area contributed by atoms with Crippen LogP contribution in [0.5, 0.6) is 5.75 Å². The first-order valence-electron chi connectivity index (χ1n) is 6.27. The van der Waals surface area contributed by atoms with Gasteiger partial charge in [-0.1, -0.05) is 0 Å². The smallest absolute Gasteiger partial charge is 0.255 e. The van der Waals surface area contributed by atoms with Crippen LogP contribution in [0, 0.1) is 12.7 Å². The Labute approximate surface area is 121 Å². The molecule has 0 atom stereocenters. The molecule has 1 amide bonds. The van der Waals surface area contributed by atoms with E-state index >= 15 is 0 Å². The van der Waals surface area contributed by atoms with E-state index in [9.17, 15) is 9.18 Å². The molecule has 21 heavy (non-hydrogen) atoms. The van der Waals surface area contributed by atoms with Crippen molar-refractivity contribution in [2.45, 2.75) is 6.92 Å². The van der Waals surface area contributed by atoms with Crippen LogP contribution in [0.1, 0.15) is 15.9 Å². The number of carbonyl (C=O) groups is 1. The van der Waals surface area contributed by atoms with Gasteiger partial charge >= 0.3 is 0 Å². The van der Waals surface area contributed by atoms with E-state index in [0.29, 0.717) is 11.3 Å². The lowest BCUT2D eigenvalue weighted by atomic mass is 10.1. The van der Waals surface area contributed by atoms with E-state index in [4.69, 9.17) is 10.6 Å². The number of hydrogen-bond acceptors (Lipinski definition) is 4. The number of benzene rings is 2. The lowest BCUT2D eigenvalue weighted by Gasteiger charge is -2.11. The van der Waals surface area contributed by atoms with Crippen molar-refractivity contribution in [3.8, 4) is 5.75 Å². The molecule has 0 saturated heterocycles. The van der Waals surface area contributed by atoms with Crippen LogP contribution in [-0.2, 0) is 0 Å². The average molecular weight is 289 g/mol. The first kappa shape index (κ1) is 14.8. The average Bonchev–Trinajstić information content (AvgIpc) is 2.48. The number of anilines is 2. The number of carbonyl (C=O) groups excluding carboxylic acids is 1. The molecule has 4 N–H and O–H groups in total. The second-order valence-corrected chi connectivity index (χ2v) is 4.47. The summed E-state index contributed by atoms with van der Waals surface area (Å²) in [6.45, 7) is 1.84. The van der Waals surface area contributed by atoms with Crippen LogP contribution in [0.4, 0.5) is 15.8 Å². The van der Waals surface area contributed by atoms with Gasteiger partial charge in [-0.15, -0.1) is 0 Å². The number of halogens is 1. The number of ether oxygens (including phenoxy) is 1. The molecule has 5 nitrogen and oxygen atoms in total. The topological polar surface area (TPSA) is 76.4 Å². The zero-order valence-corrected chi connectivity index (χ0v) is 11.7. The lowest BCUT2D eigenvalue weighted by Crippen LogP contribution is -2.14. The Hall–Kier alpha value is -2.60. The Kier molecular flexibility index (Phi) is 4.39. The van der Waals surface area contributed by atoms with Crippen LogP contribution in [0.15, 0.2) is 36.4 Å². The highest BCUT2D eigenvalue weighted by Crippen LogP contribution is 2.26. The highest BCUT2D eigenvalue weighted by molar-refractivity contribution is 6.05. The molecule has 0 aliphatic carbocycles. The third kappa shape index (κ3) is 3.29. The number of nitrogen functional groups attached to an aromatic ring is 1. The van der Waals surface area contributed by atoms with E-state index in [1.165, 1.54) is 25.3 Å². The molecule has 0 aliphatic rings. The van der Waals surface area contributed by atoms with Gasteiger partial charge in [0.25, 0.3) is 5.91 Å². The number of methoxy groups -OCH3 is 1.